The van der Waals surface area contributed by atoms with Crippen molar-refractivity contribution in [3.63, 3.8) is 0 Å². The van der Waals surface area contributed by atoms with Crippen molar-refractivity contribution in [1.29, 1.82) is 0 Å². The topological polar surface area (TPSA) is 72.0 Å². The lowest BCUT2D eigenvalue weighted by molar-refractivity contribution is 0.556. The lowest BCUT2D eigenvalue weighted by atomic mass is 10.5. The number of pyridine rings is 2. The summed E-state index contributed by atoms with van der Waals surface area (Å²) in [6.07, 6.45) is 2.61. The van der Waals surface area contributed by atoms with E-state index in [1.54, 1.807) is 6.07 Å². The van der Waals surface area contributed by atoms with Crippen molar-refractivity contribution in [3.05, 3.63) is 46.9 Å². The Balaban J connectivity index is 2.37. The number of halogens is 2. The molecule has 0 aliphatic rings. The minimum absolute atomic E-state index is 0.0782. The molecule has 0 aliphatic carbocycles. The number of nitrogens with one attached hydrogen (secondary N) is 1. The van der Waals surface area contributed by atoms with Gasteiger partial charge in [-0.1, -0.05) is 15.9 Å². The van der Waals surface area contributed by atoms with Crippen LogP contribution in [0.3, 0.4) is 0 Å². The fraction of sp³-hybridized carbons (Fsp3) is 0. The first-order chi connectivity index (χ1) is 8.49. The quantitative estimate of drug-likeness (QED) is 0.935. The summed E-state index contributed by atoms with van der Waals surface area (Å²) in [6, 6.07) is 5.43. The van der Waals surface area contributed by atoms with Gasteiger partial charge in [0, 0.05) is 16.9 Å². The van der Waals surface area contributed by atoms with Crippen LogP contribution in [0.5, 0.6) is 0 Å². The SMILES string of the molecule is O=S(=O)(Nc1cc(Br)ccn1)c1ncccc1F. The third-order valence-corrected chi connectivity index (χ3v) is 3.72. The minimum atomic E-state index is -4.08. The van der Waals surface area contributed by atoms with E-state index in [9.17, 15) is 12.8 Å². The van der Waals surface area contributed by atoms with Crippen molar-refractivity contribution < 1.29 is 12.8 Å². The van der Waals surface area contributed by atoms with Gasteiger partial charge in [-0.3, -0.25) is 4.72 Å². The maximum absolute atomic E-state index is 13.4. The van der Waals surface area contributed by atoms with Crippen molar-refractivity contribution in [2.75, 3.05) is 4.72 Å². The number of aromatic nitrogens is 2. The lowest BCUT2D eigenvalue weighted by Crippen LogP contribution is -2.16. The Kier molecular flexibility index (Phi) is 3.58. The van der Waals surface area contributed by atoms with Crippen LogP contribution in [-0.2, 0) is 10.0 Å². The largest absolute Gasteiger partial charge is 0.283 e. The Hall–Kier alpha value is -1.54. The predicted octanol–water partition coefficient (Wildman–Crippen LogP) is 2.18. The molecule has 0 spiro atoms. The van der Waals surface area contributed by atoms with Gasteiger partial charge in [-0.25, -0.2) is 14.4 Å². The first-order valence-corrected chi connectivity index (χ1v) is 7.01. The number of hydrogen-bond acceptors (Lipinski definition) is 4. The summed E-state index contributed by atoms with van der Waals surface area (Å²) in [5.41, 5.74) is 0. The summed E-state index contributed by atoms with van der Waals surface area (Å²) < 4.78 is 39.9. The van der Waals surface area contributed by atoms with Gasteiger partial charge >= 0.3 is 0 Å². The number of nitrogens with zero attached hydrogens (tertiary/aromatic N) is 2. The van der Waals surface area contributed by atoms with Gasteiger partial charge in [-0.2, -0.15) is 8.42 Å². The van der Waals surface area contributed by atoms with E-state index in [-0.39, 0.29) is 5.82 Å². The van der Waals surface area contributed by atoms with Crippen LogP contribution in [0, 0.1) is 5.82 Å². The molecule has 0 atom stereocenters. The Morgan fingerprint density at radius 1 is 1.22 bits per heavy atom. The van der Waals surface area contributed by atoms with Crippen LogP contribution < -0.4 is 4.72 Å². The molecule has 0 saturated carbocycles. The monoisotopic (exact) mass is 331 g/mol. The van der Waals surface area contributed by atoms with Gasteiger partial charge in [0.25, 0.3) is 10.0 Å². The Labute approximate surface area is 111 Å². The van der Waals surface area contributed by atoms with E-state index >= 15 is 0 Å². The van der Waals surface area contributed by atoms with Crippen LogP contribution in [0.15, 0.2) is 46.2 Å². The molecule has 18 heavy (non-hydrogen) atoms. The highest BCUT2D eigenvalue weighted by molar-refractivity contribution is 9.10. The molecule has 2 aromatic heterocycles. The summed E-state index contributed by atoms with van der Waals surface area (Å²) in [6.45, 7) is 0. The van der Waals surface area contributed by atoms with Crippen molar-refractivity contribution in [2.45, 2.75) is 5.03 Å². The maximum Gasteiger partial charge on any atom is 0.283 e. The zero-order valence-electron chi connectivity index (χ0n) is 8.84. The molecule has 0 unspecified atom stereocenters. The van der Waals surface area contributed by atoms with Crippen LogP contribution >= 0.6 is 15.9 Å². The molecular weight excluding hydrogens is 325 g/mol. The number of rotatable bonds is 3. The summed E-state index contributed by atoms with van der Waals surface area (Å²) in [5.74, 6) is -0.838. The fourth-order valence-electron chi connectivity index (χ4n) is 1.22. The number of hydrogen-bond donors (Lipinski definition) is 1. The highest BCUT2D eigenvalue weighted by atomic mass is 79.9. The molecule has 94 valence electrons. The van der Waals surface area contributed by atoms with E-state index < -0.39 is 20.9 Å². The second kappa shape index (κ2) is 4.99. The van der Waals surface area contributed by atoms with Crippen molar-refractivity contribution in [2.24, 2.45) is 0 Å². The van der Waals surface area contributed by atoms with Gasteiger partial charge in [0.2, 0.25) is 5.03 Å². The van der Waals surface area contributed by atoms with Gasteiger partial charge in [0.05, 0.1) is 0 Å². The zero-order valence-corrected chi connectivity index (χ0v) is 11.2. The van der Waals surface area contributed by atoms with E-state index in [1.165, 1.54) is 24.5 Å². The molecule has 1 N–H and O–H groups in total. The van der Waals surface area contributed by atoms with Gasteiger partial charge in [0.15, 0.2) is 5.82 Å². The van der Waals surface area contributed by atoms with Crippen LogP contribution in [-0.4, -0.2) is 18.4 Å². The first kappa shape index (κ1) is 12.9. The molecule has 0 bridgehead atoms. The molecule has 0 radical (unpaired) electrons. The average molecular weight is 332 g/mol. The Morgan fingerprint density at radius 3 is 2.67 bits per heavy atom. The molecule has 8 heteroatoms. The van der Waals surface area contributed by atoms with Crippen LogP contribution in [0.1, 0.15) is 0 Å². The first-order valence-electron chi connectivity index (χ1n) is 4.74. The fourth-order valence-corrected chi connectivity index (χ4v) is 2.56. The molecule has 2 heterocycles. The van der Waals surface area contributed by atoms with Gasteiger partial charge in [-0.05, 0) is 24.3 Å². The van der Waals surface area contributed by atoms with E-state index in [4.69, 9.17) is 0 Å². The van der Waals surface area contributed by atoms with Gasteiger partial charge in [0.1, 0.15) is 5.82 Å². The van der Waals surface area contributed by atoms with Gasteiger partial charge < -0.3 is 0 Å². The summed E-state index contributed by atoms with van der Waals surface area (Å²) in [4.78, 5) is 7.31. The highest BCUT2D eigenvalue weighted by Crippen LogP contribution is 2.17. The van der Waals surface area contributed by atoms with E-state index in [0.717, 1.165) is 6.07 Å². The molecule has 0 fully saturated rings. The number of sulfonamides is 1. The molecule has 0 saturated heterocycles. The molecule has 2 rings (SSSR count). The summed E-state index contributed by atoms with van der Waals surface area (Å²) >= 11 is 3.18. The lowest BCUT2D eigenvalue weighted by Gasteiger charge is -2.07. The van der Waals surface area contributed by atoms with E-state index in [0.29, 0.717) is 4.47 Å². The molecule has 2 aromatic rings. The third kappa shape index (κ3) is 2.82. The molecular formula is C10H7BrFN3O2S. The Bertz CT molecular complexity index is 678. The standard InChI is InChI=1S/C10H7BrFN3O2S/c11-7-3-5-13-9(6-7)15-18(16,17)10-8(12)2-1-4-14-10/h1-6H,(H,13,15). The smallest absolute Gasteiger partial charge is 0.262 e. The summed E-state index contributed by atoms with van der Waals surface area (Å²) in [5, 5.41) is -0.660. The average Bonchev–Trinajstić information content (AvgIpc) is 2.28. The van der Waals surface area contributed by atoms with Crippen LogP contribution in [0.4, 0.5) is 10.2 Å². The second-order valence-corrected chi connectivity index (χ2v) is 5.77. The zero-order chi connectivity index (χ0) is 13.2. The van der Waals surface area contributed by atoms with Crippen molar-refractivity contribution in [1.82, 2.24) is 9.97 Å². The second-order valence-electron chi connectivity index (χ2n) is 3.26. The van der Waals surface area contributed by atoms with Crippen molar-refractivity contribution in [3.8, 4) is 0 Å². The van der Waals surface area contributed by atoms with Crippen molar-refractivity contribution >= 4 is 31.8 Å². The number of anilines is 1. The molecule has 0 amide bonds. The summed E-state index contributed by atoms with van der Waals surface area (Å²) in [7, 11) is -4.08. The minimum Gasteiger partial charge on any atom is -0.262 e. The van der Waals surface area contributed by atoms with Crippen LogP contribution in [0.2, 0.25) is 0 Å². The molecule has 0 aliphatic heterocycles. The maximum atomic E-state index is 13.4. The third-order valence-electron chi connectivity index (χ3n) is 1.94. The van der Waals surface area contributed by atoms with E-state index in [1.807, 2.05) is 0 Å². The van der Waals surface area contributed by atoms with E-state index in [2.05, 4.69) is 30.6 Å². The molecule has 5 nitrogen and oxygen atoms in total. The Morgan fingerprint density at radius 2 is 2.00 bits per heavy atom. The van der Waals surface area contributed by atoms with Crippen LogP contribution in [0.25, 0.3) is 0 Å². The van der Waals surface area contributed by atoms with Gasteiger partial charge in [-0.15, -0.1) is 0 Å². The normalized spacial score (nSPS) is 11.2. The molecule has 0 aromatic carbocycles. The highest BCUT2D eigenvalue weighted by Gasteiger charge is 2.20. The predicted molar refractivity (Wildman–Crippen MR) is 66.9 cm³/mol.